The third-order valence-electron chi connectivity index (χ3n) is 5.82. The zero-order valence-electron chi connectivity index (χ0n) is 20.7. The Labute approximate surface area is 214 Å². The van der Waals surface area contributed by atoms with Gasteiger partial charge in [-0.15, -0.1) is 0 Å². The van der Waals surface area contributed by atoms with E-state index in [-0.39, 0.29) is 11.9 Å². The van der Waals surface area contributed by atoms with Crippen molar-refractivity contribution in [2.24, 2.45) is 0 Å². The second-order valence-electron chi connectivity index (χ2n) is 9.84. The van der Waals surface area contributed by atoms with Gasteiger partial charge in [0.25, 0.3) is 5.91 Å². The lowest BCUT2D eigenvalue weighted by Crippen LogP contribution is -2.43. The first-order valence-electron chi connectivity index (χ1n) is 11.8. The van der Waals surface area contributed by atoms with Crippen LogP contribution in [0.3, 0.4) is 0 Å². The van der Waals surface area contributed by atoms with Crippen LogP contribution in [0.15, 0.2) is 48.7 Å². The number of hydrogen-bond donors (Lipinski definition) is 1. The van der Waals surface area contributed by atoms with Gasteiger partial charge in [0.05, 0.1) is 16.6 Å². The van der Waals surface area contributed by atoms with Crippen molar-refractivity contribution in [1.82, 2.24) is 15.2 Å². The minimum atomic E-state index is -0.725. The first kappa shape index (κ1) is 25.7. The molecule has 1 fully saturated rings. The average Bonchev–Trinajstić information content (AvgIpc) is 3.25. The fourth-order valence-electron chi connectivity index (χ4n) is 4.21. The van der Waals surface area contributed by atoms with Crippen LogP contribution in [0.4, 0.5) is 9.18 Å². The second-order valence-corrected chi connectivity index (χ2v) is 10.2. The molecule has 1 saturated heterocycles. The molecule has 2 unspecified atom stereocenters. The van der Waals surface area contributed by atoms with Crippen molar-refractivity contribution in [3.8, 4) is 16.9 Å². The largest absolute Gasteiger partial charge is 0.481 e. The first-order valence-corrected chi connectivity index (χ1v) is 12.2. The molecule has 1 aliphatic heterocycles. The number of benzene rings is 2. The Morgan fingerprint density at radius 3 is 2.67 bits per heavy atom. The molecule has 190 valence electrons. The van der Waals surface area contributed by atoms with Crippen molar-refractivity contribution in [3.63, 3.8) is 0 Å². The molecule has 9 heteroatoms. The smallest absolute Gasteiger partial charge is 0.407 e. The van der Waals surface area contributed by atoms with Gasteiger partial charge >= 0.3 is 6.09 Å². The number of amides is 2. The summed E-state index contributed by atoms with van der Waals surface area (Å²) in [5.74, 6) is -0.0642. The summed E-state index contributed by atoms with van der Waals surface area (Å²) in [7, 11) is 0. The molecular weight excluding hydrogens is 485 g/mol. The highest BCUT2D eigenvalue weighted by atomic mass is 35.5. The molecule has 1 aromatic heterocycles. The summed E-state index contributed by atoms with van der Waals surface area (Å²) in [5, 5.41) is 3.96. The molecule has 0 bridgehead atoms. The molecule has 4 rings (SSSR count). The maximum Gasteiger partial charge on any atom is 0.407 e. The number of likely N-dealkylation sites (tertiary alicyclic amines) is 1. The number of hydrogen-bond acceptors (Lipinski definition) is 5. The van der Waals surface area contributed by atoms with Crippen LogP contribution in [0.1, 0.15) is 34.1 Å². The number of rotatable bonds is 5. The monoisotopic (exact) mass is 513 g/mol. The maximum atomic E-state index is 13.5. The van der Waals surface area contributed by atoms with Gasteiger partial charge in [-0.1, -0.05) is 11.6 Å². The van der Waals surface area contributed by atoms with Crippen molar-refractivity contribution < 1.29 is 23.5 Å². The predicted molar refractivity (Wildman–Crippen MR) is 137 cm³/mol. The fraction of sp³-hybridized carbons (Fsp3) is 0.370. The molecule has 1 N–H and O–H groups in total. The number of aromatic nitrogens is 1. The highest BCUT2D eigenvalue weighted by Crippen LogP contribution is 2.34. The van der Waals surface area contributed by atoms with Crippen LogP contribution in [0, 0.1) is 5.82 Å². The lowest BCUT2D eigenvalue weighted by molar-refractivity contribution is -0.136. The number of pyridine rings is 1. The summed E-state index contributed by atoms with van der Waals surface area (Å²) < 4.78 is 24.7. The van der Waals surface area contributed by atoms with Crippen LogP contribution >= 0.6 is 11.6 Å². The highest BCUT2D eigenvalue weighted by Gasteiger charge is 2.31. The minimum absolute atomic E-state index is 0.164. The highest BCUT2D eigenvalue weighted by molar-refractivity contribution is 6.33. The summed E-state index contributed by atoms with van der Waals surface area (Å²) in [4.78, 5) is 31.1. The molecule has 0 aliphatic carbocycles. The van der Waals surface area contributed by atoms with E-state index in [9.17, 15) is 14.0 Å². The van der Waals surface area contributed by atoms with E-state index in [0.717, 1.165) is 10.9 Å². The minimum Gasteiger partial charge on any atom is -0.481 e. The quantitative estimate of drug-likeness (QED) is 0.481. The molecule has 0 radical (unpaired) electrons. The number of ether oxygens (including phenoxy) is 2. The summed E-state index contributed by atoms with van der Waals surface area (Å²) in [6.45, 7) is 8.02. The fourth-order valence-corrected chi connectivity index (χ4v) is 4.48. The summed E-state index contributed by atoms with van der Waals surface area (Å²) in [6, 6.07) is 11.3. The van der Waals surface area contributed by atoms with Crippen molar-refractivity contribution >= 4 is 34.5 Å². The van der Waals surface area contributed by atoms with Gasteiger partial charge in [-0.25, -0.2) is 9.18 Å². The SMILES string of the molecule is CC(Oc1ccc2c(-c3ccc(F)cc3Cl)ccnc2c1)C(=O)N1CCC(NC(=O)OC(C)(C)C)C1. The van der Waals surface area contributed by atoms with Gasteiger partial charge in [0, 0.05) is 36.3 Å². The average molecular weight is 514 g/mol. The van der Waals surface area contributed by atoms with E-state index in [1.807, 2.05) is 12.1 Å². The van der Waals surface area contributed by atoms with Gasteiger partial charge in [0.1, 0.15) is 17.2 Å². The number of nitrogens with one attached hydrogen (secondary N) is 1. The Balaban J connectivity index is 1.42. The van der Waals surface area contributed by atoms with Crippen LogP contribution in [0.25, 0.3) is 22.0 Å². The van der Waals surface area contributed by atoms with Gasteiger partial charge < -0.3 is 19.7 Å². The van der Waals surface area contributed by atoms with Crippen LogP contribution in [-0.4, -0.2) is 52.7 Å². The van der Waals surface area contributed by atoms with E-state index >= 15 is 0 Å². The summed E-state index contributed by atoms with van der Waals surface area (Å²) in [5.41, 5.74) is 1.60. The molecule has 2 atom stereocenters. The van der Waals surface area contributed by atoms with Crippen LogP contribution in [0.5, 0.6) is 5.75 Å². The van der Waals surface area contributed by atoms with E-state index in [2.05, 4.69) is 10.3 Å². The molecule has 36 heavy (non-hydrogen) atoms. The van der Waals surface area contributed by atoms with Crippen molar-refractivity contribution in [1.29, 1.82) is 0 Å². The van der Waals surface area contributed by atoms with E-state index in [4.69, 9.17) is 21.1 Å². The van der Waals surface area contributed by atoms with Crippen molar-refractivity contribution in [2.45, 2.75) is 51.9 Å². The zero-order valence-corrected chi connectivity index (χ0v) is 21.4. The second kappa shape index (κ2) is 10.3. The van der Waals surface area contributed by atoms with Crippen LogP contribution in [-0.2, 0) is 9.53 Å². The Hall–Kier alpha value is -3.39. The van der Waals surface area contributed by atoms with Gasteiger partial charge in [0.2, 0.25) is 0 Å². The normalized spacial score (nSPS) is 16.6. The van der Waals surface area contributed by atoms with Gasteiger partial charge in [-0.3, -0.25) is 9.78 Å². The first-order chi connectivity index (χ1) is 17.0. The van der Waals surface area contributed by atoms with Crippen LogP contribution in [0.2, 0.25) is 5.02 Å². The number of carbonyl (C=O) groups is 2. The number of halogens is 2. The predicted octanol–water partition coefficient (Wildman–Crippen LogP) is 5.59. The lowest BCUT2D eigenvalue weighted by atomic mass is 10.0. The van der Waals surface area contributed by atoms with Crippen molar-refractivity contribution in [2.75, 3.05) is 13.1 Å². The number of carbonyl (C=O) groups excluding carboxylic acids is 2. The number of fused-ring (bicyclic) bond motifs is 1. The van der Waals surface area contributed by atoms with E-state index in [1.54, 1.807) is 57.0 Å². The maximum absolute atomic E-state index is 13.5. The van der Waals surface area contributed by atoms with E-state index < -0.39 is 23.6 Å². The molecule has 3 aromatic rings. The Morgan fingerprint density at radius 1 is 1.17 bits per heavy atom. The molecule has 0 saturated carbocycles. The Morgan fingerprint density at radius 2 is 1.94 bits per heavy atom. The van der Waals surface area contributed by atoms with Crippen molar-refractivity contribution in [3.05, 3.63) is 59.5 Å². The molecule has 2 amide bonds. The summed E-state index contributed by atoms with van der Waals surface area (Å²) >= 11 is 6.27. The standard InChI is InChI=1S/C27H29ClFN3O4/c1-16(25(33)32-12-10-18(15-32)31-26(34)36-27(2,3)4)35-19-6-8-22-20(9-11-30-24(22)14-19)21-7-5-17(29)13-23(21)28/h5-9,11,13-14,16,18H,10,12,15H2,1-4H3,(H,31,34). The molecule has 2 aromatic carbocycles. The van der Waals surface area contributed by atoms with Gasteiger partial charge in [-0.05, 0) is 76.1 Å². The molecular formula is C27H29ClFN3O4. The Bertz CT molecular complexity index is 1290. The number of nitrogens with zero attached hydrogens (tertiary/aromatic N) is 2. The van der Waals surface area contributed by atoms with Gasteiger partial charge in [-0.2, -0.15) is 0 Å². The molecule has 2 heterocycles. The molecule has 0 spiro atoms. The third kappa shape index (κ3) is 6.05. The summed E-state index contributed by atoms with van der Waals surface area (Å²) in [6.07, 6.45) is 1.08. The zero-order chi connectivity index (χ0) is 26.0. The van der Waals surface area contributed by atoms with E-state index in [0.29, 0.717) is 41.4 Å². The molecule has 1 aliphatic rings. The van der Waals surface area contributed by atoms with Gasteiger partial charge in [0.15, 0.2) is 6.10 Å². The Kier molecular flexibility index (Phi) is 7.36. The number of alkyl carbamates (subject to hydrolysis) is 1. The third-order valence-corrected chi connectivity index (χ3v) is 6.13. The topological polar surface area (TPSA) is 80.8 Å². The van der Waals surface area contributed by atoms with Crippen LogP contribution < -0.4 is 10.1 Å². The van der Waals surface area contributed by atoms with E-state index in [1.165, 1.54) is 12.1 Å². The lowest BCUT2D eigenvalue weighted by Gasteiger charge is -2.23. The molecule has 7 nitrogen and oxygen atoms in total.